The van der Waals surface area contributed by atoms with E-state index >= 15 is 0 Å². The van der Waals surface area contributed by atoms with E-state index in [1.54, 1.807) is 39.2 Å². The first-order valence-corrected chi connectivity index (χ1v) is 14.7. The Morgan fingerprint density at radius 2 is 1.63 bits per heavy atom. The second-order valence-electron chi connectivity index (χ2n) is 9.83. The summed E-state index contributed by atoms with van der Waals surface area (Å²) in [7, 11) is -2.21. The number of aryl methyl sites for hydroxylation is 2. The number of methoxy groups -OCH3 is 1. The van der Waals surface area contributed by atoms with E-state index in [9.17, 15) is 13.2 Å². The van der Waals surface area contributed by atoms with Gasteiger partial charge in [-0.2, -0.15) is 0 Å². The molecule has 212 valence electrons. The Bertz CT molecular complexity index is 1600. The van der Waals surface area contributed by atoms with Gasteiger partial charge in [-0.3, -0.25) is 9.52 Å². The summed E-state index contributed by atoms with van der Waals surface area (Å²) in [6, 6.07) is 19.2. The molecule has 41 heavy (non-hydrogen) atoms. The minimum atomic E-state index is -3.84. The molecule has 3 heterocycles. The van der Waals surface area contributed by atoms with Gasteiger partial charge in [-0.1, -0.05) is 0 Å². The predicted molar refractivity (Wildman–Crippen MR) is 156 cm³/mol. The lowest BCUT2D eigenvalue weighted by atomic mass is 9.96. The number of aromatic nitrogens is 4. The summed E-state index contributed by atoms with van der Waals surface area (Å²) >= 11 is 0. The van der Waals surface area contributed by atoms with Crippen LogP contribution < -0.4 is 19.7 Å². The maximum atomic E-state index is 12.9. The fourth-order valence-electron chi connectivity index (χ4n) is 4.71. The minimum absolute atomic E-state index is 0.0665. The van der Waals surface area contributed by atoms with E-state index in [4.69, 9.17) is 4.74 Å². The lowest BCUT2D eigenvalue weighted by Crippen LogP contribution is -2.38. The smallest absolute Gasteiger partial charge is 0.263 e. The molecule has 12 heteroatoms. The van der Waals surface area contributed by atoms with Gasteiger partial charge in [0.2, 0.25) is 5.91 Å². The first-order chi connectivity index (χ1) is 19.7. The van der Waals surface area contributed by atoms with Gasteiger partial charge in [-0.05, 0) is 87.4 Å². The molecule has 1 saturated heterocycles. The third kappa shape index (κ3) is 6.77. The summed E-state index contributed by atoms with van der Waals surface area (Å²) in [5.74, 6) is 1.99. The molecule has 0 saturated carbocycles. The molecule has 2 aromatic heterocycles. The van der Waals surface area contributed by atoms with Gasteiger partial charge in [-0.25, -0.2) is 18.4 Å². The van der Waals surface area contributed by atoms with Gasteiger partial charge < -0.3 is 15.0 Å². The molecule has 0 atom stereocenters. The normalized spacial score (nSPS) is 14.0. The summed E-state index contributed by atoms with van der Waals surface area (Å²) in [5.41, 5.74) is 2.93. The molecule has 0 unspecified atom stereocenters. The number of hydrogen-bond acceptors (Lipinski definition) is 9. The molecule has 1 aliphatic heterocycles. The van der Waals surface area contributed by atoms with E-state index in [1.165, 1.54) is 12.1 Å². The Balaban J connectivity index is 1.14. The summed E-state index contributed by atoms with van der Waals surface area (Å²) in [4.78, 5) is 23.4. The highest BCUT2D eigenvalue weighted by Crippen LogP contribution is 2.26. The second kappa shape index (κ2) is 11.9. The molecule has 4 aromatic rings. The van der Waals surface area contributed by atoms with Crippen molar-refractivity contribution in [2.75, 3.05) is 35.1 Å². The molecule has 1 fully saturated rings. The van der Waals surface area contributed by atoms with Crippen LogP contribution in [0.3, 0.4) is 0 Å². The van der Waals surface area contributed by atoms with Crippen molar-refractivity contribution in [3.05, 3.63) is 78.2 Å². The Kier molecular flexibility index (Phi) is 8.11. The lowest BCUT2D eigenvalue weighted by Gasteiger charge is -2.31. The maximum Gasteiger partial charge on any atom is 0.263 e. The summed E-state index contributed by atoms with van der Waals surface area (Å²) < 4.78 is 33.3. The zero-order chi connectivity index (χ0) is 29.0. The van der Waals surface area contributed by atoms with Crippen molar-refractivity contribution in [2.24, 2.45) is 5.92 Å². The Hall–Kier alpha value is -4.58. The summed E-state index contributed by atoms with van der Waals surface area (Å²) in [6.45, 7) is 4.82. The number of amides is 1. The van der Waals surface area contributed by atoms with Crippen LogP contribution in [0.1, 0.15) is 24.4 Å². The minimum Gasteiger partial charge on any atom is -0.497 e. The molecule has 11 nitrogen and oxygen atoms in total. The third-order valence-electron chi connectivity index (χ3n) is 6.86. The molecule has 2 N–H and O–H groups in total. The average Bonchev–Trinajstić information content (AvgIpc) is 2.97. The standard InChI is InChI=1S/C29H31N7O4S/c1-19-18-27(31-20(2)30-19)35-41(38,39)25-10-6-23(7-11-25)32-29(37)22-14-16-36(17-15-22)28-13-12-26(33-34-28)21-4-8-24(40-3)9-5-21/h4-13,18,22H,14-17H2,1-3H3,(H,32,37)(H,30,31,35). The number of hydrogen-bond donors (Lipinski definition) is 2. The van der Waals surface area contributed by atoms with Crippen LogP contribution in [0.25, 0.3) is 11.3 Å². The zero-order valence-electron chi connectivity index (χ0n) is 23.0. The topological polar surface area (TPSA) is 139 Å². The summed E-state index contributed by atoms with van der Waals surface area (Å²) in [5, 5.41) is 11.7. The van der Waals surface area contributed by atoms with Gasteiger partial charge in [0.25, 0.3) is 10.0 Å². The van der Waals surface area contributed by atoms with Gasteiger partial charge in [-0.15, -0.1) is 10.2 Å². The molecule has 0 bridgehead atoms. The van der Waals surface area contributed by atoms with Gasteiger partial charge >= 0.3 is 0 Å². The number of carbonyl (C=O) groups is 1. The van der Waals surface area contributed by atoms with Gasteiger partial charge in [0, 0.05) is 42.0 Å². The second-order valence-corrected chi connectivity index (χ2v) is 11.5. The lowest BCUT2D eigenvalue weighted by molar-refractivity contribution is -0.120. The van der Waals surface area contributed by atoms with E-state index in [1.807, 2.05) is 36.4 Å². The number of ether oxygens (including phenoxy) is 1. The molecular formula is C29H31N7O4S. The van der Waals surface area contributed by atoms with E-state index in [2.05, 4.69) is 35.1 Å². The van der Waals surface area contributed by atoms with Crippen LogP contribution in [0.4, 0.5) is 17.3 Å². The van der Waals surface area contributed by atoms with E-state index in [-0.39, 0.29) is 22.5 Å². The fourth-order valence-corrected chi connectivity index (χ4v) is 5.70. The fraction of sp³-hybridized carbons (Fsp3) is 0.276. The van der Waals surface area contributed by atoms with Crippen molar-refractivity contribution in [2.45, 2.75) is 31.6 Å². The molecule has 0 radical (unpaired) electrons. The highest BCUT2D eigenvalue weighted by molar-refractivity contribution is 7.92. The van der Waals surface area contributed by atoms with Crippen LogP contribution in [0, 0.1) is 19.8 Å². The van der Waals surface area contributed by atoms with Crippen LogP contribution in [-0.4, -0.2) is 54.7 Å². The monoisotopic (exact) mass is 573 g/mol. The Morgan fingerprint density at radius 3 is 2.24 bits per heavy atom. The molecule has 2 aromatic carbocycles. The van der Waals surface area contributed by atoms with Crippen LogP contribution in [0.15, 0.2) is 71.6 Å². The molecule has 1 aliphatic rings. The van der Waals surface area contributed by atoms with Crippen LogP contribution in [0.5, 0.6) is 5.75 Å². The number of sulfonamides is 1. The van der Waals surface area contributed by atoms with E-state index < -0.39 is 10.0 Å². The number of nitrogens with one attached hydrogen (secondary N) is 2. The molecule has 0 spiro atoms. The van der Waals surface area contributed by atoms with Crippen LogP contribution in [0.2, 0.25) is 0 Å². The number of nitrogens with zero attached hydrogens (tertiary/aromatic N) is 5. The number of anilines is 3. The summed E-state index contributed by atoms with van der Waals surface area (Å²) in [6.07, 6.45) is 1.34. The largest absolute Gasteiger partial charge is 0.497 e. The highest BCUT2D eigenvalue weighted by Gasteiger charge is 2.26. The van der Waals surface area contributed by atoms with E-state index in [0.717, 1.165) is 22.8 Å². The molecule has 5 rings (SSSR count). The Morgan fingerprint density at radius 1 is 0.927 bits per heavy atom. The quantitative estimate of drug-likeness (QED) is 0.317. The van der Waals surface area contributed by atoms with Gasteiger partial charge in [0.1, 0.15) is 17.4 Å². The van der Waals surface area contributed by atoms with Crippen LogP contribution >= 0.6 is 0 Å². The highest BCUT2D eigenvalue weighted by atomic mass is 32.2. The number of carbonyl (C=O) groups excluding carboxylic acids is 1. The van der Waals surface area contributed by atoms with Crippen molar-refractivity contribution in [1.82, 2.24) is 20.2 Å². The van der Waals surface area contributed by atoms with Crippen molar-refractivity contribution >= 4 is 33.3 Å². The van der Waals surface area contributed by atoms with Crippen molar-refractivity contribution < 1.29 is 17.9 Å². The third-order valence-corrected chi connectivity index (χ3v) is 8.23. The number of rotatable bonds is 8. The van der Waals surface area contributed by atoms with Gasteiger partial charge in [0.15, 0.2) is 5.82 Å². The molecular weight excluding hydrogens is 542 g/mol. The molecule has 1 amide bonds. The average molecular weight is 574 g/mol. The SMILES string of the molecule is COc1ccc(-c2ccc(N3CCC(C(=O)Nc4ccc(S(=O)(=O)Nc5cc(C)nc(C)n5)cc4)CC3)nn2)cc1. The van der Waals surface area contributed by atoms with Crippen LogP contribution in [-0.2, 0) is 14.8 Å². The first kappa shape index (κ1) is 28.0. The van der Waals surface area contributed by atoms with Gasteiger partial charge in [0.05, 0.1) is 17.7 Å². The Labute approximate surface area is 239 Å². The number of benzene rings is 2. The van der Waals surface area contributed by atoms with Crippen molar-refractivity contribution in [1.29, 1.82) is 0 Å². The van der Waals surface area contributed by atoms with Crippen molar-refractivity contribution in [3.63, 3.8) is 0 Å². The van der Waals surface area contributed by atoms with Crippen molar-refractivity contribution in [3.8, 4) is 17.0 Å². The van der Waals surface area contributed by atoms with E-state index in [0.29, 0.717) is 43.1 Å². The maximum absolute atomic E-state index is 12.9. The predicted octanol–water partition coefficient (Wildman–Crippen LogP) is 4.21. The molecule has 0 aliphatic carbocycles. The zero-order valence-corrected chi connectivity index (χ0v) is 23.9. The number of piperidine rings is 1. The first-order valence-electron chi connectivity index (χ1n) is 13.2.